The number of nitrogens with zero attached hydrogens (tertiary/aromatic N) is 2. The average molecular weight is 104 g/mol. The van der Waals surface area contributed by atoms with Gasteiger partial charge in [0.1, 0.15) is 5.84 Å². The number of halogens is 1. The molecule has 0 radical (unpaired) electrons. The van der Waals surface area contributed by atoms with E-state index in [2.05, 4.69) is 10.5 Å². The molecule has 0 fully saturated rings. The zero-order valence-electron chi connectivity index (χ0n) is 3.77. The summed E-state index contributed by atoms with van der Waals surface area (Å²) in [6.45, 7) is 1.65. The minimum Gasteiger partial charge on any atom is -0.258 e. The second-order valence-corrected chi connectivity index (χ2v) is 1.19. The highest BCUT2D eigenvalue weighted by Crippen LogP contribution is 1.83. The first kappa shape index (κ1) is 4.32. The minimum atomic E-state index is 0.176. The third kappa shape index (κ3) is 0.774. The Balaban J connectivity index is 2.42. The fraction of sp³-hybridized carbons (Fsp3) is 0.500. The van der Waals surface area contributed by atoms with Gasteiger partial charge in [0.05, 0.1) is 5.34 Å². The Bertz CT molecular complexity index is 99.9. The first-order valence-corrected chi connectivity index (χ1v) is 1.81. The molecule has 0 aromatic carbocycles. The predicted octanol–water partition coefficient (Wildman–Crippen LogP) is -0.471. The zero-order chi connectivity index (χ0) is 5.28. The van der Waals surface area contributed by atoms with Crippen LogP contribution < -0.4 is 11.0 Å². The molecular formula is C2H5FN4. The van der Waals surface area contributed by atoms with Crippen molar-refractivity contribution in [2.45, 2.75) is 6.92 Å². The normalized spacial score (nSPS) is 20.6. The van der Waals surface area contributed by atoms with Crippen molar-refractivity contribution in [1.29, 1.82) is 0 Å². The molecule has 0 atom stereocenters. The van der Waals surface area contributed by atoms with Crippen LogP contribution in [-0.2, 0) is 0 Å². The molecule has 0 saturated heterocycles. The van der Waals surface area contributed by atoms with Crippen molar-refractivity contribution in [1.82, 2.24) is 16.3 Å². The molecule has 0 unspecified atom stereocenters. The molecule has 5 heteroatoms. The SMILES string of the molecule is CC1=NNN(F)N1. The molecule has 4 nitrogen and oxygen atoms in total. The molecule has 0 amide bonds. The molecule has 7 heavy (non-hydrogen) atoms. The number of hydrazone groups is 1. The summed E-state index contributed by atoms with van der Waals surface area (Å²) in [7, 11) is 0. The van der Waals surface area contributed by atoms with Crippen molar-refractivity contribution in [3.63, 3.8) is 0 Å². The number of amidine groups is 1. The summed E-state index contributed by atoms with van der Waals surface area (Å²) >= 11 is 0. The van der Waals surface area contributed by atoms with Gasteiger partial charge in [0.25, 0.3) is 0 Å². The summed E-state index contributed by atoms with van der Waals surface area (Å²) in [6.07, 6.45) is 0. The molecule has 1 rings (SSSR count). The minimum absolute atomic E-state index is 0.176. The van der Waals surface area contributed by atoms with E-state index >= 15 is 0 Å². The van der Waals surface area contributed by atoms with Crippen LogP contribution in [-0.4, -0.2) is 11.2 Å². The summed E-state index contributed by atoms with van der Waals surface area (Å²) < 4.78 is 11.7. The molecule has 1 aliphatic rings. The van der Waals surface area contributed by atoms with Gasteiger partial charge in [-0.3, -0.25) is 5.43 Å². The van der Waals surface area contributed by atoms with Gasteiger partial charge in [-0.25, -0.2) is 0 Å². The van der Waals surface area contributed by atoms with Crippen LogP contribution in [0.4, 0.5) is 4.48 Å². The van der Waals surface area contributed by atoms with E-state index in [9.17, 15) is 4.48 Å². The van der Waals surface area contributed by atoms with Crippen molar-refractivity contribution in [3.8, 4) is 0 Å². The highest BCUT2D eigenvalue weighted by molar-refractivity contribution is 5.79. The second kappa shape index (κ2) is 1.34. The Kier molecular flexibility index (Phi) is 0.828. The Morgan fingerprint density at radius 3 is 2.71 bits per heavy atom. The van der Waals surface area contributed by atoms with Gasteiger partial charge in [-0.1, -0.05) is 4.48 Å². The lowest BCUT2D eigenvalue weighted by molar-refractivity contribution is -0.0472. The monoisotopic (exact) mass is 104 g/mol. The molecule has 0 aliphatic carbocycles. The Morgan fingerprint density at radius 1 is 1.86 bits per heavy atom. The molecule has 0 spiro atoms. The summed E-state index contributed by atoms with van der Waals surface area (Å²) in [4.78, 5) is 0. The van der Waals surface area contributed by atoms with Crippen LogP contribution >= 0.6 is 0 Å². The van der Waals surface area contributed by atoms with Crippen LogP contribution in [0.3, 0.4) is 0 Å². The van der Waals surface area contributed by atoms with Crippen LogP contribution in [0.15, 0.2) is 5.10 Å². The van der Waals surface area contributed by atoms with Crippen LogP contribution in [0.25, 0.3) is 0 Å². The molecule has 0 bridgehead atoms. The molecule has 40 valence electrons. The lowest BCUT2D eigenvalue weighted by atomic mass is 10.7. The second-order valence-electron chi connectivity index (χ2n) is 1.19. The maximum atomic E-state index is 11.7. The lowest BCUT2D eigenvalue weighted by Gasteiger charge is -1.98. The van der Waals surface area contributed by atoms with Crippen molar-refractivity contribution in [2.75, 3.05) is 0 Å². The third-order valence-corrected chi connectivity index (χ3v) is 0.565. The highest BCUT2D eigenvalue weighted by Gasteiger charge is 2.05. The van der Waals surface area contributed by atoms with Gasteiger partial charge in [0.15, 0.2) is 0 Å². The van der Waals surface area contributed by atoms with E-state index in [0.717, 1.165) is 0 Å². The fourth-order valence-corrected chi connectivity index (χ4v) is 0.311. The molecule has 2 N–H and O–H groups in total. The Labute approximate surface area is 39.9 Å². The lowest BCUT2D eigenvalue weighted by Crippen LogP contribution is -2.32. The summed E-state index contributed by atoms with van der Waals surface area (Å²) in [5.74, 6) is 0.516. The molecule has 0 aromatic heterocycles. The van der Waals surface area contributed by atoms with Crippen LogP contribution in [0.1, 0.15) is 6.92 Å². The van der Waals surface area contributed by atoms with E-state index < -0.39 is 0 Å². The van der Waals surface area contributed by atoms with E-state index in [0.29, 0.717) is 5.84 Å². The first-order valence-electron chi connectivity index (χ1n) is 1.81. The van der Waals surface area contributed by atoms with Crippen molar-refractivity contribution in [3.05, 3.63) is 0 Å². The predicted molar refractivity (Wildman–Crippen MR) is 22.3 cm³/mol. The van der Waals surface area contributed by atoms with Gasteiger partial charge in [-0.2, -0.15) is 5.53 Å². The van der Waals surface area contributed by atoms with Gasteiger partial charge >= 0.3 is 0 Å². The maximum Gasteiger partial charge on any atom is 0.138 e. The zero-order valence-corrected chi connectivity index (χ0v) is 3.77. The molecule has 0 saturated carbocycles. The van der Waals surface area contributed by atoms with E-state index in [1.54, 1.807) is 6.92 Å². The molecule has 1 aliphatic heterocycles. The van der Waals surface area contributed by atoms with Crippen molar-refractivity contribution >= 4 is 5.84 Å². The largest absolute Gasteiger partial charge is 0.258 e. The van der Waals surface area contributed by atoms with Crippen molar-refractivity contribution in [2.24, 2.45) is 5.10 Å². The average Bonchev–Trinajstić information content (AvgIpc) is 1.87. The third-order valence-electron chi connectivity index (χ3n) is 0.565. The van der Waals surface area contributed by atoms with Crippen molar-refractivity contribution < 1.29 is 4.48 Å². The van der Waals surface area contributed by atoms with Crippen LogP contribution in [0, 0.1) is 0 Å². The van der Waals surface area contributed by atoms with E-state index in [1.165, 1.54) is 0 Å². The standard InChI is InChI=1S/C2H5FN4/c1-2-4-6-7(3)5-2/h6H,1H3,(H,4,5). The Morgan fingerprint density at radius 2 is 2.57 bits per heavy atom. The number of hydrazine groups is 2. The van der Waals surface area contributed by atoms with Gasteiger partial charge in [0.2, 0.25) is 0 Å². The number of hydrogen-bond acceptors (Lipinski definition) is 4. The van der Waals surface area contributed by atoms with E-state index in [1.807, 2.05) is 5.53 Å². The number of hydrogen-bond donors (Lipinski definition) is 2. The summed E-state index contributed by atoms with van der Waals surface area (Å²) in [5.41, 5.74) is 4.23. The van der Waals surface area contributed by atoms with E-state index in [-0.39, 0.29) is 5.34 Å². The number of nitrogens with one attached hydrogen (secondary N) is 2. The molecule has 1 heterocycles. The first-order chi connectivity index (χ1) is 3.29. The summed E-state index contributed by atoms with van der Waals surface area (Å²) in [5, 5.41) is 3.60. The van der Waals surface area contributed by atoms with Crippen LogP contribution in [0.2, 0.25) is 0 Å². The van der Waals surface area contributed by atoms with Gasteiger partial charge in [-0.15, -0.1) is 5.10 Å². The number of rotatable bonds is 0. The highest BCUT2D eigenvalue weighted by atomic mass is 19.2. The van der Waals surface area contributed by atoms with Gasteiger partial charge < -0.3 is 0 Å². The van der Waals surface area contributed by atoms with Gasteiger partial charge in [0, 0.05) is 0 Å². The summed E-state index contributed by atoms with van der Waals surface area (Å²) in [6, 6.07) is 0. The maximum absolute atomic E-state index is 11.7. The quantitative estimate of drug-likeness (QED) is 0.408. The molecule has 0 aromatic rings. The topological polar surface area (TPSA) is 39.7 Å². The smallest absolute Gasteiger partial charge is 0.138 e. The van der Waals surface area contributed by atoms with Gasteiger partial charge in [-0.05, 0) is 6.92 Å². The van der Waals surface area contributed by atoms with E-state index in [4.69, 9.17) is 0 Å². The van der Waals surface area contributed by atoms with Crippen LogP contribution in [0.5, 0.6) is 0 Å². The molecular weight excluding hydrogens is 99.0 g/mol. The Hall–Kier alpha value is -0.840. The fourth-order valence-electron chi connectivity index (χ4n) is 0.311.